The van der Waals surface area contributed by atoms with Gasteiger partial charge in [0.2, 0.25) is 0 Å². The number of hydrogen-bond acceptors (Lipinski definition) is 5. The van der Waals surface area contributed by atoms with E-state index in [1.54, 1.807) is 18.3 Å². The first-order valence-electron chi connectivity index (χ1n) is 6.43. The van der Waals surface area contributed by atoms with Gasteiger partial charge in [-0.1, -0.05) is 13.3 Å². The molecule has 0 saturated carbocycles. The predicted octanol–water partition coefficient (Wildman–Crippen LogP) is 2.13. The summed E-state index contributed by atoms with van der Waals surface area (Å²) in [5, 5.41) is 19.9. The van der Waals surface area contributed by atoms with Crippen LogP contribution in [0.15, 0.2) is 30.5 Å². The minimum atomic E-state index is -0.952. The van der Waals surface area contributed by atoms with Crippen molar-refractivity contribution in [2.24, 2.45) is 0 Å². The maximum absolute atomic E-state index is 11.1. The lowest BCUT2D eigenvalue weighted by molar-refractivity contribution is 0.0696. The van der Waals surface area contributed by atoms with Gasteiger partial charge < -0.3 is 10.4 Å². The quantitative estimate of drug-likeness (QED) is 0.837. The van der Waals surface area contributed by atoms with E-state index < -0.39 is 5.97 Å². The number of hydrogen-bond donors (Lipinski definition) is 2. The molecule has 2 rings (SSSR count). The molecule has 0 fully saturated rings. The van der Waals surface area contributed by atoms with Gasteiger partial charge in [0.15, 0.2) is 0 Å². The largest absolute Gasteiger partial charge is 0.478 e. The molecule has 0 atom stereocenters. The van der Waals surface area contributed by atoms with Gasteiger partial charge in [-0.05, 0) is 30.7 Å². The van der Waals surface area contributed by atoms with Crippen molar-refractivity contribution in [2.75, 3.05) is 5.32 Å². The van der Waals surface area contributed by atoms with Crippen LogP contribution < -0.4 is 5.32 Å². The van der Waals surface area contributed by atoms with Crippen LogP contribution in [0.25, 0.3) is 0 Å². The minimum Gasteiger partial charge on any atom is -0.478 e. The molecule has 0 spiro atoms. The molecule has 2 aromatic heterocycles. The van der Waals surface area contributed by atoms with Crippen LogP contribution in [-0.4, -0.2) is 26.3 Å². The highest BCUT2D eigenvalue weighted by atomic mass is 16.4. The Morgan fingerprint density at radius 3 is 2.85 bits per heavy atom. The Morgan fingerprint density at radius 1 is 1.35 bits per heavy atom. The van der Waals surface area contributed by atoms with Crippen molar-refractivity contribution >= 4 is 11.8 Å². The van der Waals surface area contributed by atoms with Gasteiger partial charge in [-0.2, -0.15) is 10.2 Å². The van der Waals surface area contributed by atoms with E-state index in [2.05, 4.69) is 20.5 Å². The van der Waals surface area contributed by atoms with Crippen LogP contribution in [-0.2, 0) is 13.0 Å². The second-order valence-electron chi connectivity index (χ2n) is 4.36. The first kappa shape index (κ1) is 13.9. The zero-order chi connectivity index (χ0) is 14.4. The molecule has 2 heterocycles. The van der Waals surface area contributed by atoms with Crippen LogP contribution in [0.1, 0.15) is 35.1 Å². The van der Waals surface area contributed by atoms with Gasteiger partial charge >= 0.3 is 5.97 Å². The molecule has 0 aliphatic rings. The van der Waals surface area contributed by atoms with Crippen molar-refractivity contribution in [1.29, 1.82) is 0 Å². The molecule has 0 radical (unpaired) electrons. The monoisotopic (exact) mass is 272 g/mol. The van der Waals surface area contributed by atoms with Gasteiger partial charge in [-0.25, -0.2) is 9.78 Å². The van der Waals surface area contributed by atoms with E-state index in [1.807, 2.05) is 13.0 Å². The molecular formula is C14H16N4O2. The Bertz CT molecular complexity index is 587. The Kier molecular flexibility index (Phi) is 4.60. The highest BCUT2D eigenvalue weighted by Crippen LogP contribution is 2.13. The van der Waals surface area contributed by atoms with Crippen molar-refractivity contribution < 1.29 is 9.90 Å². The van der Waals surface area contributed by atoms with Gasteiger partial charge in [0, 0.05) is 11.9 Å². The van der Waals surface area contributed by atoms with Gasteiger partial charge in [0.25, 0.3) is 0 Å². The molecule has 0 aliphatic heterocycles. The van der Waals surface area contributed by atoms with Gasteiger partial charge in [-0.15, -0.1) is 0 Å². The summed E-state index contributed by atoms with van der Waals surface area (Å²) in [6.07, 6.45) is 3.27. The van der Waals surface area contributed by atoms with Gasteiger partial charge in [0.1, 0.15) is 5.82 Å². The molecule has 0 unspecified atom stereocenters. The summed E-state index contributed by atoms with van der Waals surface area (Å²) in [6, 6.07) is 6.78. The summed E-state index contributed by atoms with van der Waals surface area (Å²) >= 11 is 0. The standard InChI is InChI=1S/C14H16N4O2/c1-2-4-11-7-10(14(19)20)8-13(17-11)15-9-12-5-3-6-16-18-12/h3,5-8H,2,4,9H2,1H3,(H,15,17)(H,19,20). The fourth-order valence-electron chi connectivity index (χ4n) is 1.79. The molecule has 0 aliphatic carbocycles. The van der Waals surface area contributed by atoms with Crippen molar-refractivity contribution in [2.45, 2.75) is 26.3 Å². The van der Waals surface area contributed by atoms with E-state index in [0.717, 1.165) is 24.2 Å². The van der Waals surface area contributed by atoms with Gasteiger partial charge in [0.05, 0.1) is 17.8 Å². The topological polar surface area (TPSA) is 88.0 Å². The average Bonchev–Trinajstić information content (AvgIpc) is 2.46. The minimum absolute atomic E-state index is 0.241. The average molecular weight is 272 g/mol. The number of anilines is 1. The molecule has 2 N–H and O–H groups in total. The number of carboxylic acids is 1. The Morgan fingerprint density at radius 2 is 2.20 bits per heavy atom. The fourth-order valence-corrected chi connectivity index (χ4v) is 1.79. The zero-order valence-electron chi connectivity index (χ0n) is 11.2. The number of pyridine rings is 1. The third-order valence-corrected chi connectivity index (χ3v) is 2.71. The molecule has 0 bridgehead atoms. The summed E-state index contributed by atoms with van der Waals surface area (Å²) in [4.78, 5) is 15.5. The van der Waals surface area contributed by atoms with Crippen LogP contribution in [0.5, 0.6) is 0 Å². The van der Waals surface area contributed by atoms with Crippen LogP contribution in [0.4, 0.5) is 5.82 Å². The fraction of sp³-hybridized carbons (Fsp3) is 0.286. The second-order valence-corrected chi connectivity index (χ2v) is 4.36. The lowest BCUT2D eigenvalue weighted by atomic mass is 10.1. The molecule has 6 heteroatoms. The lowest BCUT2D eigenvalue weighted by Gasteiger charge is -2.08. The lowest BCUT2D eigenvalue weighted by Crippen LogP contribution is -2.07. The third-order valence-electron chi connectivity index (χ3n) is 2.71. The molecule has 6 nitrogen and oxygen atoms in total. The molecule has 2 aromatic rings. The normalized spacial score (nSPS) is 10.2. The van der Waals surface area contributed by atoms with Crippen molar-refractivity contribution in [3.05, 3.63) is 47.4 Å². The molecule has 0 amide bonds. The van der Waals surface area contributed by atoms with E-state index >= 15 is 0 Å². The molecule has 104 valence electrons. The SMILES string of the molecule is CCCc1cc(C(=O)O)cc(NCc2cccnn2)n1. The van der Waals surface area contributed by atoms with Crippen molar-refractivity contribution in [3.63, 3.8) is 0 Å². The van der Waals surface area contributed by atoms with Crippen LogP contribution >= 0.6 is 0 Å². The van der Waals surface area contributed by atoms with E-state index in [9.17, 15) is 4.79 Å². The van der Waals surface area contributed by atoms with E-state index in [1.165, 1.54) is 6.07 Å². The van der Waals surface area contributed by atoms with Crippen LogP contribution in [0, 0.1) is 0 Å². The second kappa shape index (κ2) is 6.60. The summed E-state index contributed by atoms with van der Waals surface area (Å²) in [5.74, 6) is -0.411. The number of carbonyl (C=O) groups is 1. The highest BCUT2D eigenvalue weighted by Gasteiger charge is 2.08. The number of nitrogens with one attached hydrogen (secondary N) is 1. The van der Waals surface area contributed by atoms with Crippen molar-refractivity contribution in [3.8, 4) is 0 Å². The number of carboxylic acid groups (broad SMARTS) is 1. The maximum Gasteiger partial charge on any atom is 0.335 e. The molecule has 0 saturated heterocycles. The number of aryl methyl sites for hydroxylation is 1. The van der Waals surface area contributed by atoms with E-state index in [-0.39, 0.29) is 5.56 Å². The Balaban J connectivity index is 2.15. The summed E-state index contributed by atoms with van der Waals surface area (Å²) in [6.45, 7) is 2.48. The van der Waals surface area contributed by atoms with Crippen molar-refractivity contribution in [1.82, 2.24) is 15.2 Å². The smallest absolute Gasteiger partial charge is 0.335 e. The zero-order valence-corrected chi connectivity index (χ0v) is 11.2. The number of nitrogens with zero attached hydrogens (tertiary/aromatic N) is 3. The first-order chi connectivity index (χ1) is 9.69. The first-order valence-corrected chi connectivity index (χ1v) is 6.43. The number of rotatable bonds is 6. The summed E-state index contributed by atoms with van der Waals surface area (Å²) in [7, 11) is 0. The number of aromatic carboxylic acids is 1. The van der Waals surface area contributed by atoms with Crippen LogP contribution in [0.3, 0.4) is 0 Å². The van der Waals surface area contributed by atoms with Crippen LogP contribution in [0.2, 0.25) is 0 Å². The predicted molar refractivity (Wildman–Crippen MR) is 74.6 cm³/mol. The maximum atomic E-state index is 11.1. The molecular weight excluding hydrogens is 256 g/mol. The summed E-state index contributed by atoms with van der Waals surface area (Å²) in [5.41, 5.74) is 1.78. The van der Waals surface area contributed by atoms with E-state index in [4.69, 9.17) is 5.11 Å². The third kappa shape index (κ3) is 3.74. The molecule has 0 aromatic carbocycles. The van der Waals surface area contributed by atoms with E-state index in [0.29, 0.717) is 12.4 Å². The molecule has 20 heavy (non-hydrogen) atoms. The summed E-state index contributed by atoms with van der Waals surface area (Å²) < 4.78 is 0. The highest BCUT2D eigenvalue weighted by molar-refractivity contribution is 5.88. The number of aromatic nitrogens is 3. The van der Waals surface area contributed by atoms with Gasteiger partial charge in [-0.3, -0.25) is 0 Å². The Labute approximate surface area is 116 Å². The Hall–Kier alpha value is -2.50.